The van der Waals surface area contributed by atoms with Crippen molar-refractivity contribution in [1.29, 1.82) is 0 Å². The van der Waals surface area contributed by atoms with Gasteiger partial charge in [-0.05, 0) is 29.8 Å². The molecule has 3 amide bonds. The third kappa shape index (κ3) is 3.81. The maximum atomic E-state index is 13.3. The van der Waals surface area contributed by atoms with Gasteiger partial charge in [-0.1, -0.05) is 54.6 Å². The highest BCUT2D eigenvalue weighted by Gasteiger charge is 2.42. The van der Waals surface area contributed by atoms with Crippen LogP contribution in [0.1, 0.15) is 36.6 Å². The summed E-state index contributed by atoms with van der Waals surface area (Å²) in [5, 5.41) is 12.0. The lowest BCUT2D eigenvalue weighted by Gasteiger charge is -2.26. The zero-order valence-corrected chi connectivity index (χ0v) is 16.3. The standard InChI is InChI=1S/C24H18N2O5/c27-21(25-19-13-7-6-12-18(19)24(30)31)20(14-15-8-2-1-3-9-15)26-22(28)16-10-4-5-11-17(16)23(26)29/h1-13,20H,14H2,(H,25,27)(H,30,31)/t20-/m1/s1. The van der Waals surface area contributed by atoms with E-state index >= 15 is 0 Å². The minimum Gasteiger partial charge on any atom is -0.478 e. The number of aromatic carboxylic acids is 1. The predicted octanol–water partition coefficient (Wildman–Crippen LogP) is 3.23. The van der Waals surface area contributed by atoms with E-state index in [1.807, 2.05) is 6.07 Å². The van der Waals surface area contributed by atoms with Crippen molar-refractivity contribution in [2.24, 2.45) is 0 Å². The average Bonchev–Trinajstić information content (AvgIpc) is 3.03. The molecule has 154 valence electrons. The van der Waals surface area contributed by atoms with Crippen LogP contribution in [0.3, 0.4) is 0 Å². The second-order valence-electron chi connectivity index (χ2n) is 7.07. The van der Waals surface area contributed by atoms with Crippen LogP contribution in [0.5, 0.6) is 0 Å². The number of benzene rings is 3. The van der Waals surface area contributed by atoms with Gasteiger partial charge in [-0.25, -0.2) is 4.79 Å². The van der Waals surface area contributed by atoms with Gasteiger partial charge in [0, 0.05) is 6.42 Å². The van der Waals surface area contributed by atoms with Crippen molar-refractivity contribution in [3.8, 4) is 0 Å². The Morgan fingerprint density at radius 3 is 1.97 bits per heavy atom. The zero-order chi connectivity index (χ0) is 22.0. The Balaban J connectivity index is 1.71. The second kappa shape index (κ2) is 8.23. The quantitative estimate of drug-likeness (QED) is 0.603. The van der Waals surface area contributed by atoms with Crippen LogP contribution >= 0.6 is 0 Å². The maximum Gasteiger partial charge on any atom is 0.337 e. The normalized spacial score (nSPS) is 13.6. The van der Waals surface area contributed by atoms with Crippen molar-refractivity contribution in [3.63, 3.8) is 0 Å². The van der Waals surface area contributed by atoms with Gasteiger partial charge in [-0.3, -0.25) is 19.3 Å². The first-order valence-corrected chi connectivity index (χ1v) is 9.61. The highest BCUT2D eigenvalue weighted by Crippen LogP contribution is 2.27. The van der Waals surface area contributed by atoms with E-state index in [1.165, 1.54) is 12.1 Å². The monoisotopic (exact) mass is 414 g/mol. The van der Waals surface area contributed by atoms with E-state index < -0.39 is 29.7 Å². The van der Waals surface area contributed by atoms with Crippen molar-refractivity contribution in [3.05, 3.63) is 101 Å². The second-order valence-corrected chi connectivity index (χ2v) is 7.07. The molecule has 0 unspecified atom stereocenters. The molecule has 0 bridgehead atoms. The van der Waals surface area contributed by atoms with Crippen LogP contribution in [0.25, 0.3) is 0 Å². The summed E-state index contributed by atoms with van der Waals surface area (Å²) in [4.78, 5) is 51.7. The number of fused-ring (bicyclic) bond motifs is 1. The van der Waals surface area contributed by atoms with Crippen molar-refractivity contribution in [1.82, 2.24) is 4.90 Å². The van der Waals surface area contributed by atoms with Crippen LogP contribution in [-0.2, 0) is 11.2 Å². The fourth-order valence-corrected chi connectivity index (χ4v) is 3.62. The van der Waals surface area contributed by atoms with Gasteiger partial charge in [0.05, 0.1) is 22.4 Å². The minimum atomic E-state index is -1.20. The molecule has 1 heterocycles. The molecule has 3 aromatic carbocycles. The molecule has 0 saturated heterocycles. The number of anilines is 1. The van der Waals surface area contributed by atoms with Crippen LogP contribution in [0.2, 0.25) is 0 Å². The Morgan fingerprint density at radius 1 is 0.806 bits per heavy atom. The van der Waals surface area contributed by atoms with Gasteiger partial charge in [-0.2, -0.15) is 0 Å². The molecule has 4 rings (SSSR count). The molecule has 1 atom stereocenters. The van der Waals surface area contributed by atoms with Crippen molar-refractivity contribution in [2.45, 2.75) is 12.5 Å². The van der Waals surface area contributed by atoms with Gasteiger partial charge >= 0.3 is 5.97 Å². The molecule has 1 aliphatic rings. The fraction of sp³-hybridized carbons (Fsp3) is 0.0833. The molecule has 7 heteroatoms. The lowest BCUT2D eigenvalue weighted by atomic mass is 10.0. The van der Waals surface area contributed by atoms with Crippen LogP contribution in [0, 0.1) is 0 Å². The van der Waals surface area contributed by atoms with Crippen LogP contribution in [0.15, 0.2) is 78.9 Å². The van der Waals surface area contributed by atoms with Crippen molar-refractivity contribution in [2.75, 3.05) is 5.32 Å². The summed E-state index contributed by atoms with van der Waals surface area (Å²) in [5.41, 5.74) is 1.24. The predicted molar refractivity (Wildman–Crippen MR) is 113 cm³/mol. The van der Waals surface area contributed by atoms with E-state index in [0.29, 0.717) is 0 Å². The largest absolute Gasteiger partial charge is 0.478 e. The average molecular weight is 414 g/mol. The number of hydrogen-bond donors (Lipinski definition) is 2. The number of amides is 3. The summed E-state index contributed by atoms with van der Waals surface area (Å²) < 4.78 is 0. The molecule has 0 saturated carbocycles. The number of para-hydroxylation sites is 1. The molecular weight excluding hydrogens is 396 g/mol. The number of nitrogens with one attached hydrogen (secondary N) is 1. The lowest BCUT2D eigenvalue weighted by Crippen LogP contribution is -2.48. The first-order chi connectivity index (χ1) is 15.0. The molecule has 0 radical (unpaired) electrons. The van der Waals surface area contributed by atoms with Gasteiger partial charge in [-0.15, -0.1) is 0 Å². The summed E-state index contributed by atoms with van der Waals surface area (Å²) >= 11 is 0. The first-order valence-electron chi connectivity index (χ1n) is 9.61. The van der Waals surface area contributed by atoms with E-state index in [4.69, 9.17) is 0 Å². The van der Waals surface area contributed by atoms with Gasteiger partial charge in [0.2, 0.25) is 5.91 Å². The topological polar surface area (TPSA) is 104 Å². The Hall–Kier alpha value is -4.26. The SMILES string of the molecule is O=C(O)c1ccccc1NC(=O)[C@@H](Cc1ccccc1)N1C(=O)c2ccccc2C1=O. The number of rotatable bonds is 6. The van der Waals surface area contributed by atoms with E-state index in [-0.39, 0.29) is 28.8 Å². The number of carboxylic acids is 1. The molecule has 7 nitrogen and oxygen atoms in total. The Morgan fingerprint density at radius 2 is 1.35 bits per heavy atom. The van der Waals surface area contributed by atoms with E-state index in [9.17, 15) is 24.3 Å². The number of carboxylic acid groups (broad SMARTS) is 1. The smallest absolute Gasteiger partial charge is 0.337 e. The van der Waals surface area contributed by atoms with Crippen molar-refractivity contribution >= 4 is 29.4 Å². The molecule has 0 spiro atoms. The summed E-state index contributed by atoms with van der Waals surface area (Å²) in [7, 11) is 0. The van der Waals surface area contributed by atoms with Gasteiger partial charge in [0.15, 0.2) is 0 Å². The third-order valence-corrected chi connectivity index (χ3v) is 5.13. The lowest BCUT2D eigenvalue weighted by molar-refractivity contribution is -0.119. The van der Waals surface area contributed by atoms with Gasteiger partial charge < -0.3 is 10.4 Å². The van der Waals surface area contributed by atoms with E-state index in [1.54, 1.807) is 60.7 Å². The minimum absolute atomic E-state index is 0.0864. The van der Waals surface area contributed by atoms with Crippen molar-refractivity contribution < 1.29 is 24.3 Å². The third-order valence-electron chi connectivity index (χ3n) is 5.13. The summed E-state index contributed by atoms with van der Waals surface area (Å²) in [5.74, 6) is -2.95. The number of carbonyl (C=O) groups is 4. The maximum absolute atomic E-state index is 13.3. The van der Waals surface area contributed by atoms with Crippen LogP contribution in [0.4, 0.5) is 5.69 Å². The molecule has 0 aromatic heterocycles. The first kappa shape index (κ1) is 20.0. The molecule has 0 aliphatic carbocycles. The molecule has 2 N–H and O–H groups in total. The Kier molecular flexibility index (Phi) is 5.32. The van der Waals surface area contributed by atoms with E-state index in [2.05, 4.69) is 5.32 Å². The molecule has 0 fully saturated rings. The summed E-state index contributed by atoms with van der Waals surface area (Å²) in [6.45, 7) is 0. The Labute approximate surface area is 177 Å². The summed E-state index contributed by atoms with van der Waals surface area (Å²) in [6, 6.07) is 20.2. The highest BCUT2D eigenvalue weighted by molar-refractivity contribution is 6.23. The van der Waals surface area contributed by atoms with Crippen LogP contribution < -0.4 is 5.32 Å². The highest BCUT2D eigenvalue weighted by atomic mass is 16.4. The number of hydrogen-bond acceptors (Lipinski definition) is 4. The fourth-order valence-electron chi connectivity index (χ4n) is 3.62. The number of carbonyl (C=O) groups excluding carboxylic acids is 3. The number of nitrogens with zero attached hydrogens (tertiary/aromatic N) is 1. The van der Waals surface area contributed by atoms with Crippen LogP contribution in [-0.4, -0.2) is 39.7 Å². The molecule has 1 aliphatic heterocycles. The molecular formula is C24H18N2O5. The molecule has 31 heavy (non-hydrogen) atoms. The van der Waals surface area contributed by atoms with E-state index in [0.717, 1.165) is 10.5 Å². The van der Waals surface area contributed by atoms with Gasteiger partial charge in [0.25, 0.3) is 11.8 Å². The summed E-state index contributed by atoms with van der Waals surface area (Å²) in [6.07, 6.45) is 0.0907. The molecule has 3 aromatic rings. The zero-order valence-electron chi connectivity index (χ0n) is 16.3. The Bertz CT molecular complexity index is 1150. The van der Waals surface area contributed by atoms with Gasteiger partial charge in [0.1, 0.15) is 6.04 Å². The number of imide groups is 1.